The number of carbonyl (C=O) groups is 2. The standard InChI is InChI=1S/C15H20N4O2/c1-11-9-19(10-15(11)4-6-17-13(15)20)14(21)18-8-12-3-2-5-16-7-12/h2-3,5,7,11H,4,6,8-10H2,1H3,(H,17,20)(H,18,21)/t11-,15-/m0/s1. The number of carbonyl (C=O) groups excluding carboxylic acids is 2. The molecule has 1 aromatic rings. The molecule has 0 unspecified atom stereocenters. The molecule has 21 heavy (non-hydrogen) atoms. The molecule has 2 aliphatic heterocycles. The van der Waals surface area contributed by atoms with Gasteiger partial charge in [0.25, 0.3) is 0 Å². The van der Waals surface area contributed by atoms with E-state index in [1.807, 2.05) is 12.1 Å². The van der Waals surface area contributed by atoms with Crippen LogP contribution >= 0.6 is 0 Å². The molecule has 6 heteroatoms. The molecular formula is C15H20N4O2. The zero-order chi connectivity index (χ0) is 14.9. The molecule has 0 bridgehead atoms. The zero-order valence-corrected chi connectivity index (χ0v) is 12.1. The number of nitrogens with one attached hydrogen (secondary N) is 2. The Hall–Kier alpha value is -2.11. The predicted molar refractivity (Wildman–Crippen MR) is 77.3 cm³/mol. The number of nitrogens with zero attached hydrogens (tertiary/aromatic N) is 2. The summed E-state index contributed by atoms with van der Waals surface area (Å²) in [5, 5.41) is 5.79. The van der Waals surface area contributed by atoms with E-state index in [2.05, 4.69) is 22.5 Å². The van der Waals surface area contributed by atoms with E-state index < -0.39 is 0 Å². The van der Waals surface area contributed by atoms with Gasteiger partial charge in [0.2, 0.25) is 5.91 Å². The van der Waals surface area contributed by atoms with E-state index in [0.717, 1.165) is 12.0 Å². The van der Waals surface area contributed by atoms with Gasteiger partial charge in [0.05, 0.1) is 5.41 Å². The molecule has 0 saturated carbocycles. The molecule has 1 spiro atoms. The first-order chi connectivity index (χ1) is 10.1. The highest BCUT2D eigenvalue weighted by Gasteiger charge is 2.53. The molecular weight excluding hydrogens is 268 g/mol. The van der Waals surface area contributed by atoms with Crippen LogP contribution in [-0.4, -0.2) is 41.5 Å². The van der Waals surface area contributed by atoms with E-state index in [1.54, 1.807) is 17.3 Å². The lowest BCUT2D eigenvalue weighted by Crippen LogP contribution is -2.41. The summed E-state index contributed by atoms with van der Waals surface area (Å²) in [5.41, 5.74) is 0.581. The largest absolute Gasteiger partial charge is 0.356 e. The van der Waals surface area contributed by atoms with Crippen LogP contribution in [-0.2, 0) is 11.3 Å². The molecule has 1 aromatic heterocycles. The van der Waals surface area contributed by atoms with E-state index in [4.69, 9.17) is 0 Å². The Morgan fingerprint density at radius 1 is 1.62 bits per heavy atom. The molecule has 3 amide bonds. The van der Waals surface area contributed by atoms with Crippen molar-refractivity contribution in [2.45, 2.75) is 19.9 Å². The van der Waals surface area contributed by atoms with E-state index >= 15 is 0 Å². The van der Waals surface area contributed by atoms with Crippen LogP contribution in [0.2, 0.25) is 0 Å². The lowest BCUT2D eigenvalue weighted by atomic mass is 9.78. The predicted octanol–water partition coefficient (Wildman–Crippen LogP) is 0.749. The van der Waals surface area contributed by atoms with Crippen LogP contribution in [0.4, 0.5) is 4.79 Å². The molecule has 6 nitrogen and oxygen atoms in total. The van der Waals surface area contributed by atoms with Crippen LogP contribution in [0.15, 0.2) is 24.5 Å². The molecule has 0 radical (unpaired) electrons. The molecule has 2 fully saturated rings. The van der Waals surface area contributed by atoms with Gasteiger partial charge in [-0.05, 0) is 24.0 Å². The second kappa shape index (κ2) is 5.35. The monoisotopic (exact) mass is 288 g/mol. The number of hydrogen-bond donors (Lipinski definition) is 2. The first-order valence-electron chi connectivity index (χ1n) is 7.32. The molecule has 2 N–H and O–H groups in total. The third-order valence-electron chi connectivity index (χ3n) is 4.67. The maximum atomic E-state index is 12.3. The minimum atomic E-state index is -0.383. The summed E-state index contributed by atoms with van der Waals surface area (Å²) in [5.74, 6) is 0.293. The average Bonchev–Trinajstić information content (AvgIpc) is 3.03. The molecule has 0 aromatic carbocycles. The molecule has 2 atom stereocenters. The lowest BCUT2D eigenvalue weighted by molar-refractivity contribution is -0.128. The van der Waals surface area contributed by atoms with Gasteiger partial charge < -0.3 is 15.5 Å². The first-order valence-corrected chi connectivity index (χ1v) is 7.32. The summed E-state index contributed by atoms with van der Waals surface area (Å²) >= 11 is 0. The Morgan fingerprint density at radius 3 is 3.14 bits per heavy atom. The van der Waals surface area contributed by atoms with Crippen molar-refractivity contribution >= 4 is 11.9 Å². The van der Waals surface area contributed by atoms with Crippen LogP contribution in [0, 0.1) is 11.3 Å². The van der Waals surface area contributed by atoms with Gasteiger partial charge in [-0.15, -0.1) is 0 Å². The molecule has 3 heterocycles. The third kappa shape index (κ3) is 2.46. The topological polar surface area (TPSA) is 74.3 Å². The highest BCUT2D eigenvalue weighted by molar-refractivity contribution is 5.87. The molecule has 2 aliphatic rings. The van der Waals surface area contributed by atoms with Crippen LogP contribution in [0.25, 0.3) is 0 Å². The third-order valence-corrected chi connectivity index (χ3v) is 4.67. The van der Waals surface area contributed by atoms with Crippen molar-refractivity contribution in [3.05, 3.63) is 30.1 Å². The number of aromatic nitrogens is 1. The highest BCUT2D eigenvalue weighted by atomic mass is 16.2. The van der Waals surface area contributed by atoms with Crippen molar-refractivity contribution in [3.63, 3.8) is 0 Å². The van der Waals surface area contributed by atoms with E-state index in [-0.39, 0.29) is 23.3 Å². The quantitative estimate of drug-likeness (QED) is 0.843. The minimum Gasteiger partial charge on any atom is -0.356 e. The molecule has 3 rings (SSSR count). The summed E-state index contributed by atoms with van der Waals surface area (Å²) in [6, 6.07) is 3.66. The van der Waals surface area contributed by atoms with Crippen molar-refractivity contribution in [3.8, 4) is 0 Å². The summed E-state index contributed by atoms with van der Waals surface area (Å²) in [7, 11) is 0. The molecule has 2 saturated heterocycles. The SMILES string of the molecule is C[C@H]1CN(C(=O)NCc2cccnc2)C[C@@]12CCNC2=O. The van der Waals surface area contributed by atoms with Crippen molar-refractivity contribution in [1.82, 2.24) is 20.5 Å². The van der Waals surface area contributed by atoms with E-state index in [0.29, 0.717) is 26.2 Å². The maximum Gasteiger partial charge on any atom is 0.317 e. The molecule has 112 valence electrons. The normalized spacial score (nSPS) is 28.0. The fraction of sp³-hybridized carbons (Fsp3) is 0.533. The van der Waals surface area contributed by atoms with Crippen LogP contribution in [0.3, 0.4) is 0 Å². The van der Waals surface area contributed by atoms with Gasteiger partial charge in [0, 0.05) is 38.6 Å². The Morgan fingerprint density at radius 2 is 2.48 bits per heavy atom. The fourth-order valence-electron chi connectivity index (χ4n) is 3.32. The van der Waals surface area contributed by atoms with Crippen molar-refractivity contribution < 1.29 is 9.59 Å². The van der Waals surface area contributed by atoms with Gasteiger partial charge in [-0.2, -0.15) is 0 Å². The summed E-state index contributed by atoms with van der Waals surface area (Å²) in [6.45, 7) is 4.37. The Labute approximate surface area is 123 Å². The van der Waals surface area contributed by atoms with Gasteiger partial charge in [-0.3, -0.25) is 9.78 Å². The van der Waals surface area contributed by atoms with Crippen LogP contribution < -0.4 is 10.6 Å². The second-order valence-corrected chi connectivity index (χ2v) is 5.96. The number of rotatable bonds is 2. The van der Waals surface area contributed by atoms with Crippen molar-refractivity contribution in [1.29, 1.82) is 0 Å². The Bertz CT molecular complexity index is 548. The van der Waals surface area contributed by atoms with E-state index in [9.17, 15) is 9.59 Å². The zero-order valence-electron chi connectivity index (χ0n) is 12.1. The van der Waals surface area contributed by atoms with Crippen LogP contribution in [0.5, 0.6) is 0 Å². The van der Waals surface area contributed by atoms with Gasteiger partial charge in [-0.1, -0.05) is 13.0 Å². The van der Waals surface area contributed by atoms with Gasteiger partial charge in [-0.25, -0.2) is 4.79 Å². The fourth-order valence-corrected chi connectivity index (χ4v) is 3.32. The molecule has 0 aliphatic carbocycles. The van der Waals surface area contributed by atoms with Crippen LogP contribution in [0.1, 0.15) is 18.9 Å². The number of amides is 3. The number of likely N-dealkylation sites (tertiary alicyclic amines) is 1. The number of pyridine rings is 1. The summed E-state index contributed by atoms with van der Waals surface area (Å²) < 4.78 is 0. The first kappa shape index (κ1) is 13.9. The number of urea groups is 1. The maximum absolute atomic E-state index is 12.3. The van der Waals surface area contributed by atoms with E-state index in [1.165, 1.54) is 0 Å². The second-order valence-electron chi connectivity index (χ2n) is 5.96. The Balaban J connectivity index is 1.60. The van der Waals surface area contributed by atoms with Gasteiger partial charge in [0.15, 0.2) is 0 Å². The smallest absolute Gasteiger partial charge is 0.317 e. The highest BCUT2D eigenvalue weighted by Crippen LogP contribution is 2.41. The minimum absolute atomic E-state index is 0.0950. The number of hydrogen-bond acceptors (Lipinski definition) is 3. The summed E-state index contributed by atoms with van der Waals surface area (Å²) in [6.07, 6.45) is 4.26. The van der Waals surface area contributed by atoms with Gasteiger partial charge >= 0.3 is 6.03 Å². The lowest BCUT2D eigenvalue weighted by Gasteiger charge is -2.23. The van der Waals surface area contributed by atoms with Gasteiger partial charge in [0.1, 0.15) is 0 Å². The summed E-state index contributed by atoms with van der Waals surface area (Å²) in [4.78, 5) is 30.1. The van der Waals surface area contributed by atoms with Crippen molar-refractivity contribution in [2.75, 3.05) is 19.6 Å². The van der Waals surface area contributed by atoms with Crippen molar-refractivity contribution in [2.24, 2.45) is 11.3 Å². The Kier molecular flexibility index (Phi) is 3.53. The average molecular weight is 288 g/mol.